The number of carbonyl (C=O) groups is 2. The van der Waals surface area contributed by atoms with Crippen molar-refractivity contribution in [2.24, 2.45) is 0 Å². The van der Waals surface area contributed by atoms with Crippen LogP contribution in [0.5, 0.6) is 0 Å². The molecule has 2 atom stereocenters. The van der Waals surface area contributed by atoms with Crippen LogP contribution in [-0.2, 0) is 15.8 Å². The van der Waals surface area contributed by atoms with Gasteiger partial charge in [-0.15, -0.1) is 0 Å². The van der Waals surface area contributed by atoms with Gasteiger partial charge in [0.2, 0.25) is 17.8 Å². The van der Waals surface area contributed by atoms with Crippen LogP contribution in [0.2, 0.25) is 0 Å². The van der Waals surface area contributed by atoms with Crippen molar-refractivity contribution in [3.8, 4) is 0 Å². The molecule has 11 heteroatoms. The summed E-state index contributed by atoms with van der Waals surface area (Å²) in [5.74, 6) is -0.416. The van der Waals surface area contributed by atoms with E-state index in [4.69, 9.17) is 0 Å². The number of amides is 2. The molecule has 3 heterocycles. The standard InChI is InChI=1S/C24H27F3N6O2/c1-13(34)32(2)12-21(35)33-19-8-9-20(33)17-10-15(6-7-16(17)19)30-23-28-11-18(24(25,26)27)22(31-23)29-14-4-3-5-14/h6-7,10-11,14,19-20H,3-5,8-9,12H2,1-2H3,(H2,28,29,30,31)/t19-,20+/m0/s1. The van der Waals surface area contributed by atoms with Crippen LogP contribution in [-0.4, -0.2) is 51.2 Å². The summed E-state index contributed by atoms with van der Waals surface area (Å²) in [6.45, 7) is 1.45. The number of nitrogens with one attached hydrogen (secondary N) is 2. The molecule has 0 unspecified atom stereocenters. The number of likely N-dealkylation sites (N-methyl/N-ethyl adjacent to an activating group) is 1. The summed E-state index contributed by atoms with van der Waals surface area (Å²) in [7, 11) is 1.60. The lowest BCUT2D eigenvalue weighted by molar-refractivity contribution is -0.140. The number of hydrogen-bond donors (Lipinski definition) is 2. The predicted octanol–water partition coefficient (Wildman–Crippen LogP) is 4.40. The summed E-state index contributed by atoms with van der Waals surface area (Å²) in [6, 6.07) is 5.54. The largest absolute Gasteiger partial charge is 0.421 e. The van der Waals surface area contributed by atoms with Gasteiger partial charge < -0.3 is 20.4 Å². The molecule has 0 spiro atoms. The smallest absolute Gasteiger partial charge is 0.367 e. The fourth-order valence-corrected chi connectivity index (χ4v) is 5.04. The van der Waals surface area contributed by atoms with Gasteiger partial charge in [-0.25, -0.2) is 4.98 Å². The summed E-state index contributed by atoms with van der Waals surface area (Å²) < 4.78 is 40.3. The molecule has 2 aromatic rings. The molecule has 2 fully saturated rings. The van der Waals surface area contributed by atoms with Gasteiger partial charge in [-0.2, -0.15) is 18.2 Å². The van der Waals surface area contributed by atoms with Gasteiger partial charge in [0.15, 0.2) is 0 Å². The molecule has 1 aromatic heterocycles. The first kappa shape index (κ1) is 23.4. The van der Waals surface area contributed by atoms with E-state index in [1.54, 1.807) is 7.05 Å². The Balaban J connectivity index is 1.36. The highest BCUT2D eigenvalue weighted by Gasteiger charge is 2.46. The number of halogens is 3. The van der Waals surface area contributed by atoms with Crippen molar-refractivity contribution in [2.75, 3.05) is 24.2 Å². The van der Waals surface area contributed by atoms with Crippen molar-refractivity contribution in [3.05, 3.63) is 41.1 Å². The number of hydrogen-bond acceptors (Lipinski definition) is 6. The van der Waals surface area contributed by atoms with Gasteiger partial charge in [-0.1, -0.05) is 6.07 Å². The molecule has 2 aliphatic heterocycles. The fourth-order valence-electron chi connectivity index (χ4n) is 5.04. The minimum atomic E-state index is -4.55. The molecular weight excluding hydrogens is 461 g/mol. The van der Waals surface area contributed by atoms with Crippen molar-refractivity contribution in [1.82, 2.24) is 19.8 Å². The molecule has 2 N–H and O–H groups in total. The van der Waals surface area contributed by atoms with Gasteiger partial charge in [0, 0.05) is 31.9 Å². The molecule has 1 saturated heterocycles. The molecule has 0 radical (unpaired) electrons. The van der Waals surface area contributed by atoms with E-state index in [9.17, 15) is 22.8 Å². The zero-order valence-electron chi connectivity index (χ0n) is 19.5. The van der Waals surface area contributed by atoms with Crippen molar-refractivity contribution in [2.45, 2.75) is 63.3 Å². The molecule has 8 nitrogen and oxygen atoms in total. The number of fused-ring (bicyclic) bond motifs is 5. The third kappa shape index (κ3) is 4.39. The Morgan fingerprint density at radius 1 is 1.14 bits per heavy atom. The minimum absolute atomic E-state index is 0.0139. The Morgan fingerprint density at radius 3 is 2.49 bits per heavy atom. The van der Waals surface area contributed by atoms with Crippen LogP contribution in [0.3, 0.4) is 0 Å². The maximum atomic E-state index is 13.4. The Labute approximate surface area is 200 Å². The molecule has 35 heavy (non-hydrogen) atoms. The monoisotopic (exact) mass is 488 g/mol. The van der Waals surface area contributed by atoms with Gasteiger partial charge in [0.05, 0.1) is 18.6 Å². The van der Waals surface area contributed by atoms with Crippen molar-refractivity contribution < 1.29 is 22.8 Å². The SMILES string of the molecule is CC(=O)N(C)CC(=O)N1[C@@H]2CC[C@H]1c1ccc(Nc3ncc(C(F)(F)F)c(NC4CCC4)n3)cc12. The number of rotatable bonds is 6. The van der Waals surface area contributed by atoms with Crippen LogP contribution in [0.1, 0.15) is 67.8 Å². The van der Waals surface area contributed by atoms with Crippen LogP contribution in [0.25, 0.3) is 0 Å². The van der Waals surface area contributed by atoms with E-state index in [-0.39, 0.29) is 48.3 Å². The topological polar surface area (TPSA) is 90.5 Å². The van der Waals surface area contributed by atoms with E-state index in [1.807, 2.05) is 23.1 Å². The molecule has 1 aliphatic carbocycles. The van der Waals surface area contributed by atoms with Gasteiger partial charge in [0.1, 0.15) is 11.4 Å². The van der Waals surface area contributed by atoms with E-state index in [2.05, 4.69) is 20.6 Å². The highest BCUT2D eigenvalue weighted by atomic mass is 19.4. The van der Waals surface area contributed by atoms with Gasteiger partial charge in [0.25, 0.3) is 0 Å². The second kappa shape index (κ2) is 8.69. The normalized spacial score (nSPS) is 20.9. The summed E-state index contributed by atoms with van der Waals surface area (Å²) in [5.41, 5.74) is 1.82. The number of nitrogens with zero attached hydrogens (tertiary/aromatic N) is 4. The van der Waals surface area contributed by atoms with Crippen LogP contribution < -0.4 is 10.6 Å². The molecule has 5 rings (SSSR count). The first-order valence-corrected chi connectivity index (χ1v) is 11.8. The van der Waals surface area contributed by atoms with Crippen molar-refractivity contribution >= 4 is 29.3 Å². The lowest BCUT2D eigenvalue weighted by atomic mass is 9.91. The van der Waals surface area contributed by atoms with Gasteiger partial charge in [-0.05, 0) is 55.4 Å². The predicted molar refractivity (Wildman–Crippen MR) is 123 cm³/mol. The minimum Gasteiger partial charge on any atom is -0.367 e. The quantitative estimate of drug-likeness (QED) is 0.627. The first-order valence-electron chi connectivity index (χ1n) is 11.8. The van der Waals surface area contributed by atoms with Crippen LogP contribution in [0, 0.1) is 0 Å². The van der Waals surface area contributed by atoms with E-state index < -0.39 is 11.7 Å². The zero-order valence-corrected chi connectivity index (χ0v) is 19.5. The number of benzene rings is 1. The van der Waals surface area contributed by atoms with Crippen molar-refractivity contribution in [3.63, 3.8) is 0 Å². The molecule has 3 aliphatic rings. The fraction of sp³-hybridized carbons (Fsp3) is 0.500. The third-order valence-corrected chi connectivity index (χ3v) is 7.18. The maximum absolute atomic E-state index is 13.4. The van der Waals surface area contributed by atoms with Gasteiger partial charge in [-0.3, -0.25) is 9.59 Å². The lowest BCUT2D eigenvalue weighted by Crippen LogP contribution is -2.38. The Bertz CT molecular complexity index is 1170. The average molecular weight is 489 g/mol. The Hall–Kier alpha value is -3.37. The Morgan fingerprint density at radius 2 is 1.86 bits per heavy atom. The van der Waals surface area contributed by atoms with E-state index >= 15 is 0 Å². The Kier molecular flexibility index (Phi) is 5.80. The number of alkyl halides is 3. The second-order valence-electron chi connectivity index (χ2n) is 9.48. The summed E-state index contributed by atoms with van der Waals surface area (Å²) in [5, 5.41) is 5.93. The first-order chi connectivity index (χ1) is 16.6. The molecule has 186 valence electrons. The van der Waals surface area contributed by atoms with E-state index in [0.717, 1.165) is 49.4 Å². The maximum Gasteiger partial charge on any atom is 0.421 e. The molecule has 2 bridgehead atoms. The van der Waals surface area contributed by atoms with E-state index in [1.165, 1.54) is 11.8 Å². The van der Waals surface area contributed by atoms with Crippen LogP contribution in [0.4, 0.5) is 30.6 Å². The summed E-state index contributed by atoms with van der Waals surface area (Å²) in [4.78, 5) is 35.8. The van der Waals surface area contributed by atoms with Crippen LogP contribution >= 0.6 is 0 Å². The summed E-state index contributed by atoms with van der Waals surface area (Å²) in [6.07, 6.45) is 0.545. The summed E-state index contributed by atoms with van der Waals surface area (Å²) >= 11 is 0. The molecular formula is C24H27F3N6O2. The molecule has 2 amide bonds. The highest BCUT2D eigenvalue weighted by Crippen LogP contribution is 2.53. The van der Waals surface area contributed by atoms with Gasteiger partial charge >= 0.3 is 6.18 Å². The molecule has 1 saturated carbocycles. The van der Waals surface area contributed by atoms with Crippen molar-refractivity contribution in [1.29, 1.82) is 0 Å². The average Bonchev–Trinajstić information content (AvgIpc) is 3.32. The molecule has 1 aromatic carbocycles. The second-order valence-corrected chi connectivity index (χ2v) is 9.48. The number of anilines is 3. The lowest BCUT2D eigenvalue weighted by Gasteiger charge is -2.28. The zero-order chi connectivity index (χ0) is 24.9. The highest BCUT2D eigenvalue weighted by molar-refractivity contribution is 5.85. The third-order valence-electron chi connectivity index (χ3n) is 7.18. The number of carbonyl (C=O) groups excluding carboxylic acids is 2. The van der Waals surface area contributed by atoms with Crippen LogP contribution in [0.15, 0.2) is 24.4 Å². The van der Waals surface area contributed by atoms with E-state index in [0.29, 0.717) is 5.69 Å². The number of aromatic nitrogens is 2.